The van der Waals surface area contributed by atoms with Crippen LogP contribution in [0.2, 0.25) is 0 Å². The number of esters is 2. The van der Waals surface area contributed by atoms with Crippen molar-refractivity contribution in [1.29, 1.82) is 0 Å². The molecule has 0 radical (unpaired) electrons. The summed E-state index contributed by atoms with van der Waals surface area (Å²) in [5, 5.41) is 0. The molecule has 0 aliphatic rings. The molecule has 94 valence electrons. The first-order valence-corrected chi connectivity index (χ1v) is 5.58. The highest BCUT2D eigenvalue weighted by atomic mass is 16.7. The Hall–Kier alpha value is -1.06. The van der Waals surface area contributed by atoms with E-state index in [4.69, 9.17) is 9.47 Å². The number of rotatable bonds is 5. The van der Waals surface area contributed by atoms with Crippen LogP contribution in [0.5, 0.6) is 0 Å². The van der Waals surface area contributed by atoms with Crippen LogP contribution in [-0.4, -0.2) is 17.7 Å². The molecule has 0 heterocycles. The smallest absolute Gasteiger partial charge is 0.305 e. The Kier molecular flexibility index (Phi) is 5.48. The van der Waals surface area contributed by atoms with Crippen molar-refractivity contribution >= 4 is 11.9 Å². The molecule has 0 bridgehead atoms. The Bertz CT molecular complexity index is 240. The molecule has 0 atom stereocenters. The van der Waals surface area contributed by atoms with Gasteiger partial charge in [0.25, 0.3) is 5.79 Å². The fourth-order valence-electron chi connectivity index (χ4n) is 1.63. The molecule has 0 aliphatic heterocycles. The molecule has 0 aromatic heterocycles. The van der Waals surface area contributed by atoms with Crippen LogP contribution in [0, 0.1) is 11.8 Å². The average molecular weight is 230 g/mol. The minimum atomic E-state index is -1.13. The van der Waals surface area contributed by atoms with Gasteiger partial charge in [-0.15, -0.1) is 0 Å². The van der Waals surface area contributed by atoms with Crippen LogP contribution in [0.3, 0.4) is 0 Å². The largest absolute Gasteiger partial charge is 0.422 e. The van der Waals surface area contributed by atoms with Gasteiger partial charge in [-0.1, -0.05) is 27.7 Å². The monoisotopic (exact) mass is 230 g/mol. The van der Waals surface area contributed by atoms with Gasteiger partial charge in [-0.05, 0) is 5.92 Å². The normalized spacial score (nSPS) is 11.8. The highest BCUT2D eigenvalue weighted by Crippen LogP contribution is 2.31. The van der Waals surface area contributed by atoms with Gasteiger partial charge >= 0.3 is 11.9 Å². The summed E-state index contributed by atoms with van der Waals surface area (Å²) in [4.78, 5) is 22.2. The predicted octanol–water partition coefficient (Wildman–Crippen LogP) is 2.51. The Morgan fingerprint density at radius 2 is 1.38 bits per heavy atom. The second-order valence-electron chi connectivity index (χ2n) is 4.75. The van der Waals surface area contributed by atoms with Gasteiger partial charge in [0.15, 0.2) is 0 Å². The van der Waals surface area contributed by atoms with E-state index in [2.05, 4.69) is 0 Å². The van der Waals surface area contributed by atoms with Gasteiger partial charge in [0.2, 0.25) is 0 Å². The van der Waals surface area contributed by atoms with Gasteiger partial charge in [-0.2, -0.15) is 0 Å². The average Bonchev–Trinajstić information content (AvgIpc) is 1.98. The summed E-state index contributed by atoms with van der Waals surface area (Å²) in [6.07, 6.45) is 0.504. The Labute approximate surface area is 97.3 Å². The third kappa shape index (κ3) is 4.64. The molecular formula is C12H22O4. The fraction of sp³-hybridized carbons (Fsp3) is 0.833. The number of hydrogen-bond acceptors (Lipinski definition) is 4. The van der Waals surface area contributed by atoms with E-state index in [1.807, 2.05) is 27.7 Å². The van der Waals surface area contributed by atoms with E-state index in [0.29, 0.717) is 6.42 Å². The molecule has 0 saturated heterocycles. The van der Waals surface area contributed by atoms with Crippen molar-refractivity contribution in [3.8, 4) is 0 Å². The lowest BCUT2D eigenvalue weighted by molar-refractivity contribution is -0.247. The molecule has 0 saturated carbocycles. The quantitative estimate of drug-likeness (QED) is 0.538. The van der Waals surface area contributed by atoms with Crippen LogP contribution in [0.25, 0.3) is 0 Å². The lowest BCUT2D eigenvalue weighted by Gasteiger charge is -2.36. The van der Waals surface area contributed by atoms with Crippen molar-refractivity contribution in [3.63, 3.8) is 0 Å². The summed E-state index contributed by atoms with van der Waals surface area (Å²) < 4.78 is 10.5. The lowest BCUT2D eigenvalue weighted by Crippen LogP contribution is -2.45. The van der Waals surface area contributed by atoms with Crippen molar-refractivity contribution in [2.24, 2.45) is 11.8 Å². The van der Waals surface area contributed by atoms with Gasteiger partial charge in [0, 0.05) is 26.2 Å². The predicted molar refractivity (Wildman–Crippen MR) is 60.6 cm³/mol. The fourth-order valence-corrected chi connectivity index (χ4v) is 1.63. The summed E-state index contributed by atoms with van der Waals surface area (Å²) in [6, 6.07) is 0. The van der Waals surface area contributed by atoms with Gasteiger partial charge < -0.3 is 9.47 Å². The maximum Gasteiger partial charge on any atom is 0.305 e. The van der Waals surface area contributed by atoms with Crippen LogP contribution >= 0.6 is 0 Å². The SMILES string of the molecule is CC(=O)OC(CC(C)C)(OC(C)=O)C(C)C. The van der Waals surface area contributed by atoms with Crippen molar-refractivity contribution in [2.45, 2.75) is 53.8 Å². The third-order valence-corrected chi connectivity index (χ3v) is 2.21. The molecule has 0 aromatic rings. The Morgan fingerprint density at radius 1 is 1.00 bits per heavy atom. The van der Waals surface area contributed by atoms with Crippen molar-refractivity contribution in [3.05, 3.63) is 0 Å². The topological polar surface area (TPSA) is 52.6 Å². The molecular weight excluding hydrogens is 208 g/mol. The molecule has 0 rings (SSSR count). The molecule has 16 heavy (non-hydrogen) atoms. The van der Waals surface area contributed by atoms with E-state index in [1.54, 1.807) is 0 Å². The summed E-state index contributed by atoms with van der Waals surface area (Å²) >= 11 is 0. The Morgan fingerprint density at radius 3 is 1.56 bits per heavy atom. The molecule has 0 spiro atoms. The van der Waals surface area contributed by atoms with E-state index in [1.165, 1.54) is 13.8 Å². The van der Waals surface area contributed by atoms with Crippen molar-refractivity contribution < 1.29 is 19.1 Å². The number of carbonyl (C=O) groups excluding carboxylic acids is 2. The zero-order valence-electron chi connectivity index (χ0n) is 11.0. The van der Waals surface area contributed by atoms with Crippen LogP contribution in [0.4, 0.5) is 0 Å². The minimum Gasteiger partial charge on any atom is -0.422 e. The Balaban J connectivity index is 5.03. The number of carbonyl (C=O) groups is 2. The molecule has 0 unspecified atom stereocenters. The molecule has 0 N–H and O–H groups in total. The van der Waals surface area contributed by atoms with Crippen LogP contribution < -0.4 is 0 Å². The van der Waals surface area contributed by atoms with E-state index in [-0.39, 0.29) is 11.8 Å². The second kappa shape index (κ2) is 5.87. The van der Waals surface area contributed by atoms with Gasteiger partial charge in [0.1, 0.15) is 0 Å². The van der Waals surface area contributed by atoms with Gasteiger partial charge in [0.05, 0.1) is 0 Å². The first kappa shape index (κ1) is 14.9. The van der Waals surface area contributed by atoms with Crippen molar-refractivity contribution in [2.75, 3.05) is 0 Å². The maximum absolute atomic E-state index is 11.1. The summed E-state index contributed by atoms with van der Waals surface area (Å²) in [7, 11) is 0. The number of hydrogen-bond donors (Lipinski definition) is 0. The molecule has 0 aliphatic carbocycles. The summed E-state index contributed by atoms with van der Waals surface area (Å²) in [5.74, 6) is -1.82. The van der Waals surface area contributed by atoms with E-state index >= 15 is 0 Å². The lowest BCUT2D eigenvalue weighted by atomic mass is 9.92. The molecule has 0 aromatic carbocycles. The maximum atomic E-state index is 11.1. The van der Waals surface area contributed by atoms with E-state index in [9.17, 15) is 9.59 Å². The highest BCUT2D eigenvalue weighted by Gasteiger charge is 2.41. The minimum absolute atomic E-state index is 0.0808. The first-order chi connectivity index (χ1) is 7.19. The van der Waals surface area contributed by atoms with Gasteiger partial charge in [-0.25, -0.2) is 0 Å². The van der Waals surface area contributed by atoms with E-state index < -0.39 is 17.7 Å². The van der Waals surface area contributed by atoms with Crippen molar-refractivity contribution in [1.82, 2.24) is 0 Å². The zero-order chi connectivity index (χ0) is 12.9. The highest BCUT2D eigenvalue weighted by molar-refractivity contribution is 5.68. The zero-order valence-corrected chi connectivity index (χ0v) is 11.0. The number of ether oxygens (including phenoxy) is 2. The molecule has 4 heteroatoms. The third-order valence-electron chi connectivity index (χ3n) is 2.21. The standard InChI is InChI=1S/C12H22O4/c1-8(2)7-12(9(3)4,15-10(5)13)16-11(6)14/h8-9H,7H2,1-6H3. The first-order valence-electron chi connectivity index (χ1n) is 5.58. The van der Waals surface area contributed by atoms with Gasteiger partial charge in [-0.3, -0.25) is 9.59 Å². The van der Waals surface area contributed by atoms with E-state index in [0.717, 1.165) is 0 Å². The summed E-state index contributed by atoms with van der Waals surface area (Å²) in [6.45, 7) is 10.4. The molecule has 0 fully saturated rings. The molecule has 0 amide bonds. The second-order valence-corrected chi connectivity index (χ2v) is 4.75. The van der Waals surface area contributed by atoms with Crippen LogP contribution in [-0.2, 0) is 19.1 Å². The molecule has 4 nitrogen and oxygen atoms in total. The summed E-state index contributed by atoms with van der Waals surface area (Å²) in [5.41, 5.74) is 0. The van der Waals surface area contributed by atoms with Crippen LogP contribution in [0.1, 0.15) is 48.0 Å². The van der Waals surface area contributed by atoms with Crippen LogP contribution in [0.15, 0.2) is 0 Å².